The molecule has 0 radical (unpaired) electrons. The molecule has 0 bridgehead atoms. The molecule has 1 amide bonds. The summed E-state index contributed by atoms with van der Waals surface area (Å²) in [6.45, 7) is 2.20. The molecule has 1 aromatic heterocycles. The van der Waals surface area contributed by atoms with Crippen molar-refractivity contribution in [2.24, 2.45) is 5.92 Å². The van der Waals surface area contributed by atoms with E-state index in [2.05, 4.69) is 15.2 Å². The maximum atomic E-state index is 12.3. The standard InChI is InChI=1S/C20H23N3O4/c24-19(25)14-27-18-3-1-16(2-4-18)20(26)22-13-15-7-11-23(12-8-15)17-5-9-21-10-6-17/h1-6,9-10,15H,7-8,11-14H2,(H,22,26)(H,24,25). The molecule has 27 heavy (non-hydrogen) atoms. The molecular weight excluding hydrogens is 346 g/mol. The number of nitrogens with zero attached hydrogens (tertiary/aromatic N) is 2. The van der Waals surface area contributed by atoms with Crippen molar-refractivity contribution in [1.29, 1.82) is 0 Å². The molecule has 0 spiro atoms. The van der Waals surface area contributed by atoms with E-state index < -0.39 is 12.6 Å². The lowest BCUT2D eigenvalue weighted by atomic mass is 9.96. The summed E-state index contributed by atoms with van der Waals surface area (Å²) in [4.78, 5) is 29.2. The lowest BCUT2D eigenvalue weighted by Crippen LogP contribution is -2.38. The van der Waals surface area contributed by atoms with Gasteiger partial charge < -0.3 is 20.1 Å². The number of rotatable bonds is 7. The number of anilines is 1. The SMILES string of the molecule is O=C(O)COc1ccc(C(=O)NCC2CCN(c3ccncc3)CC2)cc1. The van der Waals surface area contributed by atoms with Crippen LogP contribution < -0.4 is 15.0 Å². The van der Waals surface area contributed by atoms with Crippen LogP contribution in [-0.2, 0) is 4.79 Å². The van der Waals surface area contributed by atoms with E-state index in [4.69, 9.17) is 9.84 Å². The Balaban J connectivity index is 1.42. The molecule has 1 aliphatic rings. The van der Waals surface area contributed by atoms with Crippen LogP contribution in [0.1, 0.15) is 23.2 Å². The van der Waals surface area contributed by atoms with E-state index in [0.717, 1.165) is 25.9 Å². The number of benzene rings is 1. The van der Waals surface area contributed by atoms with Gasteiger partial charge in [0, 0.05) is 43.3 Å². The minimum atomic E-state index is -1.04. The third-order valence-corrected chi connectivity index (χ3v) is 4.67. The van der Waals surface area contributed by atoms with Crippen LogP contribution in [0.4, 0.5) is 5.69 Å². The normalized spacial score (nSPS) is 14.6. The molecule has 1 saturated heterocycles. The van der Waals surface area contributed by atoms with Gasteiger partial charge in [-0.3, -0.25) is 9.78 Å². The largest absolute Gasteiger partial charge is 0.482 e. The quantitative estimate of drug-likeness (QED) is 0.777. The number of ether oxygens (including phenoxy) is 1. The highest BCUT2D eigenvalue weighted by atomic mass is 16.5. The topological polar surface area (TPSA) is 91.8 Å². The summed E-state index contributed by atoms with van der Waals surface area (Å²) in [6.07, 6.45) is 5.67. The lowest BCUT2D eigenvalue weighted by Gasteiger charge is -2.33. The molecule has 142 valence electrons. The Morgan fingerprint density at radius 1 is 1.11 bits per heavy atom. The number of nitrogens with one attached hydrogen (secondary N) is 1. The Labute approximate surface area is 158 Å². The molecule has 1 aliphatic heterocycles. The van der Waals surface area contributed by atoms with Gasteiger partial charge in [0.05, 0.1) is 0 Å². The van der Waals surface area contributed by atoms with E-state index in [1.165, 1.54) is 5.69 Å². The zero-order valence-corrected chi connectivity index (χ0v) is 15.0. The third-order valence-electron chi connectivity index (χ3n) is 4.67. The van der Waals surface area contributed by atoms with Crippen LogP contribution in [0.2, 0.25) is 0 Å². The highest BCUT2D eigenvalue weighted by molar-refractivity contribution is 5.94. The molecule has 1 aromatic carbocycles. The van der Waals surface area contributed by atoms with Gasteiger partial charge in [0.15, 0.2) is 6.61 Å². The number of carboxylic acids is 1. The molecule has 2 N–H and O–H groups in total. The van der Waals surface area contributed by atoms with Gasteiger partial charge in [-0.2, -0.15) is 0 Å². The van der Waals surface area contributed by atoms with Gasteiger partial charge in [-0.15, -0.1) is 0 Å². The fourth-order valence-corrected chi connectivity index (χ4v) is 3.14. The predicted molar refractivity (Wildman–Crippen MR) is 101 cm³/mol. The van der Waals surface area contributed by atoms with E-state index in [-0.39, 0.29) is 5.91 Å². The molecule has 2 heterocycles. The van der Waals surface area contributed by atoms with Crippen molar-refractivity contribution >= 4 is 17.6 Å². The zero-order chi connectivity index (χ0) is 19.1. The molecule has 3 rings (SSSR count). The average Bonchev–Trinajstić information content (AvgIpc) is 2.72. The van der Waals surface area contributed by atoms with Crippen LogP contribution in [0.15, 0.2) is 48.8 Å². The van der Waals surface area contributed by atoms with Gasteiger partial charge >= 0.3 is 5.97 Å². The number of aromatic nitrogens is 1. The Kier molecular flexibility index (Phi) is 6.25. The van der Waals surface area contributed by atoms with E-state index in [0.29, 0.717) is 23.8 Å². The van der Waals surface area contributed by atoms with Gasteiger partial charge in [-0.25, -0.2) is 4.79 Å². The van der Waals surface area contributed by atoms with Crippen LogP contribution in [0.25, 0.3) is 0 Å². The summed E-state index contributed by atoms with van der Waals surface area (Å²) in [6, 6.07) is 10.5. The average molecular weight is 369 g/mol. The monoisotopic (exact) mass is 369 g/mol. The number of amides is 1. The Morgan fingerprint density at radius 2 is 1.78 bits per heavy atom. The number of hydrogen-bond donors (Lipinski definition) is 2. The van der Waals surface area contributed by atoms with Crippen molar-refractivity contribution in [2.75, 3.05) is 31.1 Å². The number of carboxylic acid groups (broad SMARTS) is 1. The highest BCUT2D eigenvalue weighted by Gasteiger charge is 2.20. The molecule has 0 saturated carbocycles. The second kappa shape index (κ2) is 9.02. The smallest absolute Gasteiger partial charge is 0.341 e. The molecule has 7 nitrogen and oxygen atoms in total. The van der Waals surface area contributed by atoms with E-state index in [1.54, 1.807) is 36.7 Å². The molecule has 7 heteroatoms. The summed E-state index contributed by atoms with van der Waals surface area (Å²) >= 11 is 0. The third kappa shape index (κ3) is 5.44. The zero-order valence-electron chi connectivity index (χ0n) is 15.0. The first-order valence-electron chi connectivity index (χ1n) is 8.99. The Bertz CT molecular complexity index is 757. The number of aliphatic carboxylic acids is 1. The fourth-order valence-electron chi connectivity index (χ4n) is 3.14. The molecular formula is C20H23N3O4. The van der Waals surface area contributed by atoms with Crippen molar-refractivity contribution < 1.29 is 19.4 Å². The minimum Gasteiger partial charge on any atom is -0.482 e. The maximum absolute atomic E-state index is 12.3. The summed E-state index contributed by atoms with van der Waals surface area (Å²) in [7, 11) is 0. The van der Waals surface area contributed by atoms with Crippen LogP contribution in [0.3, 0.4) is 0 Å². The summed E-state index contributed by atoms with van der Waals surface area (Å²) < 4.78 is 5.06. The molecule has 0 unspecified atom stereocenters. The Morgan fingerprint density at radius 3 is 2.41 bits per heavy atom. The first-order chi connectivity index (χ1) is 13.1. The van der Waals surface area contributed by atoms with E-state index in [1.807, 2.05) is 12.1 Å². The van der Waals surface area contributed by atoms with Crippen molar-refractivity contribution in [3.63, 3.8) is 0 Å². The second-order valence-corrected chi connectivity index (χ2v) is 6.55. The van der Waals surface area contributed by atoms with Crippen LogP contribution in [0.5, 0.6) is 5.75 Å². The van der Waals surface area contributed by atoms with Crippen LogP contribution in [0, 0.1) is 5.92 Å². The van der Waals surface area contributed by atoms with Gasteiger partial charge in [-0.1, -0.05) is 0 Å². The van der Waals surface area contributed by atoms with Gasteiger partial charge in [0.2, 0.25) is 0 Å². The second-order valence-electron chi connectivity index (χ2n) is 6.55. The van der Waals surface area contributed by atoms with Gasteiger partial charge in [0.25, 0.3) is 5.91 Å². The predicted octanol–water partition coefficient (Wildman–Crippen LogP) is 2.19. The number of carbonyl (C=O) groups excluding carboxylic acids is 1. The number of pyridine rings is 1. The van der Waals surface area contributed by atoms with Crippen LogP contribution >= 0.6 is 0 Å². The molecule has 2 aromatic rings. The number of carbonyl (C=O) groups is 2. The van der Waals surface area contributed by atoms with Gasteiger partial charge in [0.1, 0.15) is 5.75 Å². The maximum Gasteiger partial charge on any atom is 0.341 e. The fraction of sp³-hybridized carbons (Fsp3) is 0.350. The first-order valence-corrected chi connectivity index (χ1v) is 8.99. The van der Waals surface area contributed by atoms with E-state index >= 15 is 0 Å². The van der Waals surface area contributed by atoms with Crippen molar-refractivity contribution in [3.05, 3.63) is 54.4 Å². The summed E-state index contributed by atoms with van der Waals surface area (Å²) in [5.41, 5.74) is 1.73. The van der Waals surface area contributed by atoms with Crippen molar-refractivity contribution in [2.45, 2.75) is 12.8 Å². The van der Waals surface area contributed by atoms with Crippen molar-refractivity contribution in [3.8, 4) is 5.75 Å². The van der Waals surface area contributed by atoms with Gasteiger partial charge in [-0.05, 0) is 55.2 Å². The first kappa shape index (κ1) is 18.7. The lowest BCUT2D eigenvalue weighted by molar-refractivity contribution is -0.139. The summed E-state index contributed by atoms with van der Waals surface area (Å²) in [5.74, 6) is -0.272. The summed E-state index contributed by atoms with van der Waals surface area (Å²) in [5, 5.41) is 11.6. The highest BCUT2D eigenvalue weighted by Crippen LogP contribution is 2.22. The van der Waals surface area contributed by atoms with Crippen LogP contribution in [-0.4, -0.2) is 48.2 Å². The Hall–Kier alpha value is -3.09. The van der Waals surface area contributed by atoms with Crippen molar-refractivity contribution in [1.82, 2.24) is 10.3 Å². The number of piperidine rings is 1. The molecule has 0 aliphatic carbocycles. The molecule has 0 atom stereocenters. The van der Waals surface area contributed by atoms with E-state index in [9.17, 15) is 9.59 Å². The number of hydrogen-bond acceptors (Lipinski definition) is 5. The molecule has 1 fully saturated rings. The minimum absolute atomic E-state index is 0.128.